The van der Waals surface area contributed by atoms with Crippen LogP contribution in [0.4, 0.5) is 0 Å². The third kappa shape index (κ3) is 1.41. The number of carbonyl (C=O) groups excluding carboxylic acids is 1. The number of hydrogen-bond acceptors (Lipinski definition) is 3. The zero-order chi connectivity index (χ0) is 13.8. The summed E-state index contributed by atoms with van der Waals surface area (Å²) in [5.41, 5.74) is 2.19. The summed E-state index contributed by atoms with van der Waals surface area (Å²) in [5.74, 6) is 0.108. The highest BCUT2D eigenvalue weighted by atomic mass is 16.5. The van der Waals surface area contributed by atoms with Crippen LogP contribution in [0.25, 0.3) is 0 Å². The van der Waals surface area contributed by atoms with E-state index in [4.69, 9.17) is 4.74 Å². The predicted molar refractivity (Wildman–Crippen MR) is 72.0 cm³/mol. The second kappa shape index (κ2) is 3.75. The maximum atomic E-state index is 12.2. The molecule has 0 heterocycles. The van der Waals surface area contributed by atoms with Crippen molar-refractivity contribution in [2.75, 3.05) is 6.61 Å². The molecule has 1 spiro atoms. The fraction of sp³-hybridized carbons (Fsp3) is 0.562. The summed E-state index contributed by atoms with van der Waals surface area (Å²) >= 11 is 0. The average molecular weight is 260 g/mol. The monoisotopic (exact) mass is 260 g/mol. The first-order valence-electron chi connectivity index (χ1n) is 6.94. The van der Waals surface area contributed by atoms with Gasteiger partial charge in [-0.3, -0.25) is 4.79 Å². The average Bonchev–Trinajstić information content (AvgIpc) is 2.63. The minimum atomic E-state index is -0.132. The molecule has 2 aliphatic carbocycles. The van der Waals surface area contributed by atoms with Gasteiger partial charge >= 0.3 is 5.97 Å². The molecule has 102 valence electrons. The molecule has 0 aliphatic heterocycles. The molecule has 2 aliphatic rings. The van der Waals surface area contributed by atoms with Gasteiger partial charge in [-0.05, 0) is 48.4 Å². The van der Waals surface area contributed by atoms with Crippen LogP contribution in [0.5, 0.6) is 5.75 Å². The summed E-state index contributed by atoms with van der Waals surface area (Å²) in [4.78, 5) is 12.2. The fourth-order valence-corrected chi connectivity index (χ4v) is 4.21. The van der Waals surface area contributed by atoms with Crippen molar-refractivity contribution in [1.82, 2.24) is 0 Å². The van der Waals surface area contributed by atoms with Gasteiger partial charge in [0.15, 0.2) is 0 Å². The van der Waals surface area contributed by atoms with Crippen LogP contribution >= 0.6 is 0 Å². The van der Waals surface area contributed by atoms with E-state index in [0.29, 0.717) is 6.61 Å². The second-order valence-electron chi connectivity index (χ2n) is 6.22. The lowest BCUT2D eigenvalue weighted by Gasteiger charge is -2.14. The summed E-state index contributed by atoms with van der Waals surface area (Å²) < 4.78 is 5.23. The van der Waals surface area contributed by atoms with Gasteiger partial charge in [-0.15, -0.1) is 0 Å². The Labute approximate surface area is 113 Å². The topological polar surface area (TPSA) is 46.5 Å². The SMILES string of the molecule is CCOC(=O)C1C(C)(C)C12CCc1ccc(O)cc12. The van der Waals surface area contributed by atoms with E-state index in [-0.39, 0.29) is 28.5 Å². The zero-order valence-electron chi connectivity index (χ0n) is 11.7. The van der Waals surface area contributed by atoms with Gasteiger partial charge in [0.2, 0.25) is 0 Å². The molecule has 0 saturated heterocycles. The number of rotatable bonds is 2. The van der Waals surface area contributed by atoms with Crippen molar-refractivity contribution >= 4 is 5.97 Å². The van der Waals surface area contributed by atoms with E-state index in [2.05, 4.69) is 13.8 Å². The lowest BCUT2D eigenvalue weighted by Crippen LogP contribution is -2.15. The van der Waals surface area contributed by atoms with E-state index in [1.165, 1.54) is 5.56 Å². The predicted octanol–water partition coefficient (Wildman–Crippen LogP) is 2.80. The molecule has 0 radical (unpaired) electrons. The van der Waals surface area contributed by atoms with Gasteiger partial charge in [0.25, 0.3) is 0 Å². The number of hydrogen-bond donors (Lipinski definition) is 1. The molecule has 2 unspecified atom stereocenters. The van der Waals surface area contributed by atoms with E-state index >= 15 is 0 Å². The number of benzene rings is 1. The smallest absolute Gasteiger partial charge is 0.310 e. The van der Waals surface area contributed by atoms with E-state index in [1.807, 2.05) is 19.1 Å². The Kier molecular flexibility index (Phi) is 2.47. The van der Waals surface area contributed by atoms with Gasteiger partial charge in [-0.25, -0.2) is 0 Å². The Hall–Kier alpha value is -1.51. The highest BCUT2D eigenvalue weighted by Crippen LogP contribution is 2.74. The molecular weight excluding hydrogens is 240 g/mol. The number of esters is 1. The van der Waals surface area contributed by atoms with E-state index in [1.54, 1.807) is 6.07 Å². The van der Waals surface area contributed by atoms with Crippen LogP contribution in [-0.2, 0) is 21.4 Å². The first-order chi connectivity index (χ1) is 8.95. The van der Waals surface area contributed by atoms with E-state index in [0.717, 1.165) is 18.4 Å². The van der Waals surface area contributed by atoms with Gasteiger partial charge in [-0.2, -0.15) is 0 Å². The molecule has 1 saturated carbocycles. The van der Waals surface area contributed by atoms with Gasteiger partial charge in [0, 0.05) is 5.41 Å². The number of fused-ring (bicyclic) bond motifs is 2. The van der Waals surface area contributed by atoms with Crippen LogP contribution in [0.3, 0.4) is 0 Å². The largest absolute Gasteiger partial charge is 0.508 e. The molecule has 0 aromatic heterocycles. The van der Waals surface area contributed by atoms with Crippen LogP contribution in [0.1, 0.15) is 38.3 Å². The summed E-state index contributed by atoms with van der Waals surface area (Å²) in [6.07, 6.45) is 1.96. The molecule has 3 nitrogen and oxygen atoms in total. The highest BCUT2D eigenvalue weighted by Gasteiger charge is 2.76. The highest BCUT2D eigenvalue weighted by molar-refractivity contribution is 5.82. The Bertz CT molecular complexity index is 547. The third-order valence-electron chi connectivity index (χ3n) is 5.17. The first-order valence-corrected chi connectivity index (χ1v) is 6.94. The Morgan fingerprint density at radius 2 is 2.21 bits per heavy atom. The molecule has 1 aromatic rings. The maximum absolute atomic E-state index is 12.2. The molecular formula is C16H20O3. The van der Waals surface area contributed by atoms with Crippen molar-refractivity contribution < 1.29 is 14.6 Å². The van der Waals surface area contributed by atoms with Crippen LogP contribution < -0.4 is 0 Å². The summed E-state index contributed by atoms with van der Waals surface area (Å²) in [7, 11) is 0. The number of phenolic OH excluding ortho intramolecular Hbond substituents is 1. The maximum Gasteiger partial charge on any atom is 0.310 e. The molecule has 2 atom stereocenters. The van der Waals surface area contributed by atoms with Crippen molar-refractivity contribution in [2.45, 2.75) is 39.0 Å². The van der Waals surface area contributed by atoms with Gasteiger partial charge < -0.3 is 9.84 Å². The second-order valence-corrected chi connectivity index (χ2v) is 6.22. The minimum Gasteiger partial charge on any atom is -0.508 e. The van der Waals surface area contributed by atoms with Crippen molar-refractivity contribution in [3.63, 3.8) is 0 Å². The van der Waals surface area contributed by atoms with Crippen molar-refractivity contribution in [3.05, 3.63) is 29.3 Å². The van der Waals surface area contributed by atoms with Crippen LogP contribution in [-0.4, -0.2) is 17.7 Å². The summed E-state index contributed by atoms with van der Waals surface area (Å²) in [6, 6.07) is 5.55. The van der Waals surface area contributed by atoms with Crippen LogP contribution in [0, 0.1) is 11.3 Å². The number of ether oxygens (including phenoxy) is 1. The first kappa shape index (κ1) is 12.5. The fourth-order valence-electron chi connectivity index (χ4n) is 4.21. The van der Waals surface area contributed by atoms with Crippen molar-refractivity contribution in [1.29, 1.82) is 0 Å². The van der Waals surface area contributed by atoms with Crippen LogP contribution in [0.15, 0.2) is 18.2 Å². The molecule has 3 rings (SSSR count). The Morgan fingerprint density at radius 3 is 2.89 bits per heavy atom. The van der Waals surface area contributed by atoms with Crippen molar-refractivity contribution in [2.24, 2.45) is 11.3 Å². The van der Waals surface area contributed by atoms with Gasteiger partial charge in [0.1, 0.15) is 5.75 Å². The number of aromatic hydroxyl groups is 1. The minimum absolute atomic E-state index is 0.0806. The lowest BCUT2D eigenvalue weighted by atomic mass is 9.89. The molecule has 3 heteroatoms. The summed E-state index contributed by atoms with van der Waals surface area (Å²) in [6.45, 7) is 6.53. The normalized spacial score (nSPS) is 30.2. The van der Waals surface area contributed by atoms with Crippen LogP contribution in [0.2, 0.25) is 0 Å². The third-order valence-corrected chi connectivity index (χ3v) is 5.17. The number of carbonyl (C=O) groups is 1. The van der Waals surface area contributed by atoms with Crippen molar-refractivity contribution in [3.8, 4) is 5.75 Å². The standard InChI is InChI=1S/C16H20O3/c1-4-19-14(18)13-15(2,3)16(13)8-7-10-5-6-11(17)9-12(10)16/h5-6,9,13,17H,4,7-8H2,1-3H3. The number of phenols is 1. The van der Waals surface area contributed by atoms with E-state index < -0.39 is 0 Å². The van der Waals surface area contributed by atoms with E-state index in [9.17, 15) is 9.90 Å². The molecule has 0 bridgehead atoms. The lowest BCUT2D eigenvalue weighted by molar-refractivity contribution is -0.145. The molecule has 1 aromatic carbocycles. The molecule has 1 N–H and O–H groups in total. The van der Waals surface area contributed by atoms with Gasteiger partial charge in [-0.1, -0.05) is 19.9 Å². The van der Waals surface area contributed by atoms with Gasteiger partial charge in [0.05, 0.1) is 12.5 Å². The number of aryl methyl sites for hydroxylation is 1. The zero-order valence-corrected chi connectivity index (χ0v) is 11.7. The molecule has 1 fully saturated rings. The quantitative estimate of drug-likeness (QED) is 0.832. The summed E-state index contributed by atoms with van der Waals surface area (Å²) in [5, 5.41) is 9.74. The Balaban J connectivity index is 2.04. The molecule has 19 heavy (non-hydrogen) atoms. The molecule has 0 amide bonds. The Morgan fingerprint density at radius 1 is 1.47 bits per heavy atom.